The molecule has 3 aromatic rings. The molecular weight excluding hydrogens is 432 g/mol. The van der Waals surface area contributed by atoms with Crippen molar-refractivity contribution in [3.8, 4) is 0 Å². The molecule has 1 fully saturated rings. The number of carbonyl (C=O) groups is 2. The molecular formula is C31H36N2O2. The Morgan fingerprint density at radius 2 is 1.51 bits per heavy atom. The van der Waals surface area contributed by atoms with Gasteiger partial charge in [0.15, 0.2) is 0 Å². The molecule has 1 N–H and O–H groups in total. The van der Waals surface area contributed by atoms with Crippen molar-refractivity contribution < 1.29 is 9.59 Å². The quantitative estimate of drug-likeness (QED) is 0.448. The zero-order valence-electron chi connectivity index (χ0n) is 20.9. The van der Waals surface area contributed by atoms with E-state index in [1.165, 1.54) is 5.56 Å². The highest BCUT2D eigenvalue weighted by Crippen LogP contribution is 2.21. The zero-order chi connectivity index (χ0) is 24.6. The monoisotopic (exact) mass is 468 g/mol. The van der Waals surface area contributed by atoms with Crippen LogP contribution in [0.2, 0.25) is 0 Å². The first-order valence-electron chi connectivity index (χ1n) is 12.7. The lowest BCUT2D eigenvalue weighted by Gasteiger charge is -2.32. The normalized spacial score (nSPS) is 14.5. The van der Waals surface area contributed by atoms with E-state index in [4.69, 9.17) is 0 Å². The van der Waals surface area contributed by atoms with Gasteiger partial charge in [0.25, 0.3) is 0 Å². The van der Waals surface area contributed by atoms with Gasteiger partial charge in [-0.15, -0.1) is 0 Å². The first-order chi connectivity index (χ1) is 17.0. The summed E-state index contributed by atoms with van der Waals surface area (Å²) >= 11 is 0. The second-order valence-electron chi connectivity index (χ2n) is 9.87. The maximum Gasteiger partial charge on any atom is 0.243 e. The van der Waals surface area contributed by atoms with Gasteiger partial charge in [-0.05, 0) is 43.4 Å². The number of aryl methyl sites for hydroxylation is 2. The Labute approximate surface area is 209 Å². The molecule has 0 heterocycles. The van der Waals surface area contributed by atoms with E-state index in [1.807, 2.05) is 61.5 Å². The number of nitrogens with zero attached hydrogens (tertiary/aromatic N) is 1. The second-order valence-corrected chi connectivity index (χ2v) is 9.87. The summed E-state index contributed by atoms with van der Waals surface area (Å²) < 4.78 is 0. The van der Waals surface area contributed by atoms with Crippen LogP contribution in [0.15, 0.2) is 78.9 Å². The molecule has 0 saturated heterocycles. The van der Waals surface area contributed by atoms with Crippen LogP contribution < -0.4 is 5.32 Å². The summed E-state index contributed by atoms with van der Waals surface area (Å²) in [7, 11) is 0. The molecule has 1 atom stereocenters. The minimum absolute atomic E-state index is 0.0290. The van der Waals surface area contributed by atoms with Crippen molar-refractivity contribution in [2.75, 3.05) is 0 Å². The number of benzene rings is 3. The molecule has 1 aliphatic carbocycles. The average Bonchev–Trinajstić information content (AvgIpc) is 3.36. The number of hydrogen-bond donors (Lipinski definition) is 1. The molecule has 2 amide bonds. The molecule has 0 aliphatic heterocycles. The van der Waals surface area contributed by atoms with Gasteiger partial charge in [-0.1, -0.05) is 103 Å². The lowest BCUT2D eigenvalue weighted by atomic mass is 10.0. The summed E-state index contributed by atoms with van der Waals surface area (Å²) in [6.07, 6.45) is 5.08. The summed E-state index contributed by atoms with van der Waals surface area (Å²) in [5.41, 5.74) is 5.35. The molecule has 0 unspecified atom stereocenters. The predicted octanol–water partition coefficient (Wildman–Crippen LogP) is 5.54. The van der Waals surface area contributed by atoms with E-state index in [-0.39, 0.29) is 24.3 Å². The third-order valence-electron chi connectivity index (χ3n) is 6.88. The minimum Gasteiger partial charge on any atom is -0.352 e. The first-order valence-corrected chi connectivity index (χ1v) is 12.7. The lowest BCUT2D eigenvalue weighted by Crippen LogP contribution is -2.52. The predicted molar refractivity (Wildman–Crippen MR) is 141 cm³/mol. The Kier molecular flexibility index (Phi) is 8.36. The van der Waals surface area contributed by atoms with E-state index < -0.39 is 6.04 Å². The molecule has 4 rings (SSSR count). The molecule has 0 radical (unpaired) electrons. The molecule has 4 nitrogen and oxygen atoms in total. The second kappa shape index (κ2) is 11.8. The summed E-state index contributed by atoms with van der Waals surface area (Å²) in [5.74, 6) is -0.0795. The highest BCUT2D eigenvalue weighted by atomic mass is 16.2. The zero-order valence-corrected chi connectivity index (χ0v) is 20.9. The van der Waals surface area contributed by atoms with Gasteiger partial charge in [0.05, 0.1) is 6.42 Å². The number of hydrogen-bond acceptors (Lipinski definition) is 2. The van der Waals surface area contributed by atoms with Gasteiger partial charge in [0.2, 0.25) is 11.8 Å². The standard InChI is InChI=1S/C31H36N2O2/c1-23-15-17-26(18-16-23)22-33(30(34)21-27-12-8-9-24(2)19-27)29(20-25-10-4-3-5-11-25)31(35)32-28-13-6-7-14-28/h3-5,8-12,15-19,28-29H,6-7,13-14,20-22H2,1-2H3,(H,32,35)/t29-/m0/s1. The fourth-order valence-corrected chi connectivity index (χ4v) is 4.91. The van der Waals surface area contributed by atoms with Crippen molar-refractivity contribution >= 4 is 11.8 Å². The third-order valence-corrected chi connectivity index (χ3v) is 6.88. The van der Waals surface area contributed by atoms with Crippen LogP contribution in [0.5, 0.6) is 0 Å². The number of rotatable bonds is 9. The minimum atomic E-state index is -0.573. The summed E-state index contributed by atoms with van der Waals surface area (Å²) in [6, 6.07) is 25.9. The SMILES string of the molecule is Cc1ccc(CN(C(=O)Cc2cccc(C)c2)[C@@H](Cc2ccccc2)C(=O)NC2CCCC2)cc1. The third kappa shape index (κ3) is 7.05. The van der Waals surface area contributed by atoms with Gasteiger partial charge in [0, 0.05) is 19.0 Å². The Bertz CT molecular complexity index is 1120. The van der Waals surface area contributed by atoms with E-state index in [1.54, 1.807) is 4.90 Å². The number of carbonyl (C=O) groups excluding carboxylic acids is 2. The molecule has 0 aromatic heterocycles. The van der Waals surface area contributed by atoms with Crippen LogP contribution in [0, 0.1) is 13.8 Å². The van der Waals surface area contributed by atoms with Crippen LogP contribution in [0.1, 0.15) is 53.5 Å². The van der Waals surface area contributed by atoms with Gasteiger partial charge in [0.1, 0.15) is 6.04 Å². The number of amides is 2. The molecule has 1 saturated carbocycles. The molecule has 182 valence electrons. The van der Waals surface area contributed by atoms with Gasteiger partial charge >= 0.3 is 0 Å². The van der Waals surface area contributed by atoms with Gasteiger partial charge < -0.3 is 10.2 Å². The number of nitrogens with one attached hydrogen (secondary N) is 1. The van der Waals surface area contributed by atoms with E-state index in [9.17, 15) is 9.59 Å². The highest BCUT2D eigenvalue weighted by Gasteiger charge is 2.32. The average molecular weight is 469 g/mol. The fraction of sp³-hybridized carbons (Fsp3) is 0.355. The van der Waals surface area contributed by atoms with E-state index in [2.05, 4.69) is 36.5 Å². The highest BCUT2D eigenvalue weighted by molar-refractivity contribution is 5.89. The van der Waals surface area contributed by atoms with E-state index in [0.29, 0.717) is 13.0 Å². The van der Waals surface area contributed by atoms with Crippen molar-refractivity contribution in [3.05, 3.63) is 107 Å². The molecule has 1 aliphatic rings. The topological polar surface area (TPSA) is 49.4 Å². The fourth-order valence-electron chi connectivity index (χ4n) is 4.91. The van der Waals surface area contributed by atoms with Crippen LogP contribution in [0.4, 0.5) is 0 Å². The molecule has 0 bridgehead atoms. The summed E-state index contributed by atoms with van der Waals surface area (Å²) in [6.45, 7) is 4.49. The van der Waals surface area contributed by atoms with E-state index in [0.717, 1.165) is 47.9 Å². The van der Waals surface area contributed by atoms with Crippen LogP contribution in [-0.2, 0) is 29.0 Å². The summed E-state index contributed by atoms with van der Waals surface area (Å²) in [4.78, 5) is 29.3. The van der Waals surface area contributed by atoms with Gasteiger partial charge in [-0.25, -0.2) is 0 Å². The van der Waals surface area contributed by atoms with Crippen LogP contribution in [0.25, 0.3) is 0 Å². The molecule has 3 aromatic carbocycles. The van der Waals surface area contributed by atoms with Crippen molar-refractivity contribution in [1.29, 1.82) is 0 Å². The summed E-state index contributed by atoms with van der Waals surface area (Å²) in [5, 5.41) is 3.27. The maximum atomic E-state index is 13.8. The van der Waals surface area contributed by atoms with Crippen LogP contribution >= 0.6 is 0 Å². The largest absolute Gasteiger partial charge is 0.352 e. The van der Waals surface area contributed by atoms with Gasteiger partial charge in [-0.3, -0.25) is 9.59 Å². The Morgan fingerprint density at radius 3 is 2.20 bits per heavy atom. The van der Waals surface area contributed by atoms with E-state index >= 15 is 0 Å². The van der Waals surface area contributed by atoms with Gasteiger partial charge in [-0.2, -0.15) is 0 Å². The van der Waals surface area contributed by atoms with Crippen molar-refractivity contribution in [1.82, 2.24) is 10.2 Å². The Hall–Kier alpha value is -3.40. The van der Waals surface area contributed by atoms with Crippen LogP contribution in [-0.4, -0.2) is 28.8 Å². The van der Waals surface area contributed by atoms with Crippen LogP contribution in [0.3, 0.4) is 0 Å². The molecule has 4 heteroatoms. The maximum absolute atomic E-state index is 13.8. The first kappa shape index (κ1) is 24.7. The van der Waals surface area contributed by atoms with Crippen molar-refractivity contribution in [3.63, 3.8) is 0 Å². The smallest absolute Gasteiger partial charge is 0.243 e. The molecule has 35 heavy (non-hydrogen) atoms. The van der Waals surface area contributed by atoms with Crippen molar-refractivity contribution in [2.45, 2.75) is 71.0 Å². The Balaban J connectivity index is 1.65. The lowest BCUT2D eigenvalue weighted by molar-refractivity contribution is -0.141. The van der Waals surface area contributed by atoms with Crippen molar-refractivity contribution in [2.24, 2.45) is 0 Å². The Morgan fingerprint density at radius 1 is 0.829 bits per heavy atom. The molecule has 0 spiro atoms.